The maximum absolute atomic E-state index is 13.2. The number of rotatable bonds is 5. The second-order valence-electron chi connectivity index (χ2n) is 8.25. The topological polar surface area (TPSA) is 69.4 Å². The maximum atomic E-state index is 13.2. The standard InChI is InChI=1S/C26H23ClN4O3/c1-17-14-30(16-28-17)22-8-9-23-25(32)29(10-11-31(23)26(22)33)15-18-4-3-5-19(12-18)21-7-6-20(27)13-24(21)34-2/h3-9,12-14,16H,10-11,15H2,1-2H3. The third-order valence-electron chi connectivity index (χ3n) is 6.02. The van der Waals surface area contributed by atoms with Crippen molar-refractivity contribution in [3.8, 4) is 22.6 Å². The van der Waals surface area contributed by atoms with Crippen LogP contribution in [-0.2, 0) is 13.1 Å². The summed E-state index contributed by atoms with van der Waals surface area (Å²) >= 11 is 6.10. The Bertz CT molecular complexity index is 1460. The first kappa shape index (κ1) is 22.0. The first-order chi connectivity index (χ1) is 16.4. The zero-order valence-corrected chi connectivity index (χ0v) is 19.6. The van der Waals surface area contributed by atoms with Crippen LogP contribution in [0.25, 0.3) is 16.8 Å². The summed E-state index contributed by atoms with van der Waals surface area (Å²) in [7, 11) is 1.62. The molecule has 0 atom stereocenters. The summed E-state index contributed by atoms with van der Waals surface area (Å²) in [4.78, 5) is 32.2. The average molecular weight is 475 g/mol. The summed E-state index contributed by atoms with van der Waals surface area (Å²) in [6, 6.07) is 16.9. The average Bonchev–Trinajstić information content (AvgIpc) is 3.27. The van der Waals surface area contributed by atoms with Crippen LogP contribution in [0.15, 0.2) is 71.9 Å². The van der Waals surface area contributed by atoms with Gasteiger partial charge in [0.1, 0.15) is 17.1 Å². The molecule has 5 rings (SSSR count). The van der Waals surface area contributed by atoms with Crippen LogP contribution in [0, 0.1) is 6.92 Å². The van der Waals surface area contributed by atoms with E-state index in [-0.39, 0.29) is 11.5 Å². The predicted molar refractivity (Wildman–Crippen MR) is 131 cm³/mol. The van der Waals surface area contributed by atoms with Crippen molar-refractivity contribution in [2.75, 3.05) is 13.7 Å². The molecule has 0 saturated heterocycles. The van der Waals surface area contributed by atoms with Crippen molar-refractivity contribution >= 4 is 17.5 Å². The fourth-order valence-corrected chi connectivity index (χ4v) is 4.48. The van der Waals surface area contributed by atoms with E-state index in [1.807, 2.05) is 43.3 Å². The van der Waals surface area contributed by atoms with Crippen LogP contribution in [0.5, 0.6) is 5.75 Å². The molecule has 0 aliphatic carbocycles. The van der Waals surface area contributed by atoms with Gasteiger partial charge in [-0.15, -0.1) is 0 Å². The zero-order valence-electron chi connectivity index (χ0n) is 18.9. The number of ether oxygens (including phenoxy) is 1. The van der Waals surface area contributed by atoms with Gasteiger partial charge in [0.25, 0.3) is 11.5 Å². The smallest absolute Gasteiger partial charge is 0.275 e. The van der Waals surface area contributed by atoms with Crippen LogP contribution in [-0.4, -0.2) is 38.6 Å². The lowest BCUT2D eigenvalue weighted by Crippen LogP contribution is -2.44. The summed E-state index contributed by atoms with van der Waals surface area (Å²) < 4.78 is 8.74. The fraction of sp³-hybridized carbons (Fsp3) is 0.192. The van der Waals surface area contributed by atoms with Gasteiger partial charge < -0.3 is 18.8 Å². The molecule has 4 aromatic rings. The summed E-state index contributed by atoms with van der Waals surface area (Å²) in [5.41, 5.74) is 4.40. The van der Waals surface area contributed by atoms with Crippen molar-refractivity contribution in [2.45, 2.75) is 20.0 Å². The normalized spacial score (nSPS) is 13.1. The molecule has 3 heterocycles. The van der Waals surface area contributed by atoms with Crippen molar-refractivity contribution in [1.82, 2.24) is 19.0 Å². The highest BCUT2D eigenvalue weighted by molar-refractivity contribution is 6.30. The second kappa shape index (κ2) is 8.83. The number of aryl methyl sites for hydroxylation is 1. The molecule has 7 nitrogen and oxygen atoms in total. The molecule has 0 bridgehead atoms. The molecule has 1 aliphatic heterocycles. The van der Waals surface area contributed by atoms with Gasteiger partial charge in [-0.2, -0.15) is 0 Å². The number of nitrogens with zero attached hydrogens (tertiary/aromatic N) is 4. The monoisotopic (exact) mass is 474 g/mol. The minimum Gasteiger partial charge on any atom is -0.496 e. The van der Waals surface area contributed by atoms with E-state index in [1.54, 1.807) is 51.9 Å². The summed E-state index contributed by atoms with van der Waals surface area (Å²) in [6.45, 7) is 3.20. The largest absolute Gasteiger partial charge is 0.496 e. The number of pyridine rings is 1. The van der Waals surface area contributed by atoms with E-state index in [4.69, 9.17) is 16.3 Å². The Kier molecular flexibility index (Phi) is 5.71. The Balaban J connectivity index is 1.41. The number of carbonyl (C=O) groups is 1. The molecule has 0 spiro atoms. The molecule has 34 heavy (non-hydrogen) atoms. The quantitative estimate of drug-likeness (QED) is 0.432. The third-order valence-corrected chi connectivity index (χ3v) is 6.25. The van der Waals surface area contributed by atoms with Gasteiger partial charge in [-0.1, -0.05) is 29.8 Å². The van der Waals surface area contributed by atoms with Crippen LogP contribution in [0.3, 0.4) is 0 Å². The van der Waals surface area contributed by atoms with E-state index in [0.717, 1.165) is 22.4 Å². The number of hydrogen-bond donors (Lipinski definition) is 0. The van der Waals surface area contributed by atoms with E-state index in [2.05, 4.69) is 4.98 Å². The highest BCUT2D eigenvalue weighted by Gasteiger charge is 2.26. The number of methoxy groups -OCH3 is 1. The first-order valence-electron chi connectivity index (χ1n) is 10.9. The van der Waals surface area contributed by atoms with E-state index in [0.29, 0.717) is 41.8 Å². The lowest BCUT2D eigenvalue weighted by atomic mass is 10.0. The molecule has 0 fully saturated rings. The molecule has 0 unspecified atom stereocenters. The second-order valence-corrected chi connectivity index (χ2v) is 8.69. The van der Waals surface area contributed by atoms with E-state index >= 15 is 0 Å². The van der Waals surface area contributed by atoms with Crippen LogP contribution in [0.2, 0.25) is 5.02 Å². The van der Waals surface area contributed by atoms with Gasteiger partial charge in [0.2, 0.25) is 0 Å². The molecule has 1 amide bonds. The van der Waals surface area contributed by atoms with Gasteiger partial charge in [-0.3, -0.25) is 9.59 Å². The van der Waals surface area contributed by atoms with Crippen LogP contribution in [0.1, 0.15) is 21.7 Å². The van der Waals surface area contributed by atoms with Crippen molar-refractivity contribution < 1.29 is 9.53 Å². The van der Waals surface area contributed by atoms with Crippen LogP contribution < -0.4 is 10.3 Å². The van der Waals surface area contributed by atoms with E-state index < -0.39 is 0 Å². The Morgan fingerprint density at radius 2 is 1.91 bits per heavy atom. The van der Waals surface area contributed by atoms with Crippen molar-refractivity contribution in [3.63, 3.8) is 0 Å². The van der Waals surface area contributed by atoms with Gasteiger partial charge >= 0.3 is 0 Å². The van der Waals surface area contributed by atoms with Crippen LogP contribution in [0.4, 0.5) is 0 Å². The molecule has 0 saturated carbocycles. The highest BCUT2D eigenvalue weighted by atomic mass is 35.5. The molecule has 0 radical (unpaired) electrons. The Hall–Kier alpha value is -3.84. The predicted octanol–water partition coefficient (Wildman–Crippen LogP) is 4.33. The number of benzene rings is 2. The van der Waals surface area contributed by atoms with Gasteiger partial charge in [0.05, 0.1) is 19.1 Å². The lowest BCUT2D eigenvalue weighted by molar-refractivity contribution is 0.0686. The number of hydrogen-bond acceptors (Lipinski definition) is 4. The lowest BCUT2D eigenvalue weighted by Gasteiger charge is -2.30. The summed E-state index contributed by atoms with van der Waals surface area (Å²) in [5, 5.41) is 0.607. The van der Waals surface area contributed by atoms with E-state index in [1.165, 1.54) is 0 Å². The highest BCUT2D eigenvalue weighted by Crippen LogP contribution is 2.33. The fourth-order valence-electron chi connectivity index (χ4n) is 4.32. The Morgan fingerprint density at radius 1 is 1.06 bits per heavy atom. The third kappa shape index (κ3) is 3.99. The number of carbonyl (C=O) groups excluding carboxylic acids is 1. The minimum absolute atomic E-state index is 0.161. The van der Waals surface area contributed by atoms with Crippen molar-refractivity contribution in [3.05, 3.63) is 99.4 Å². The number of imidazole rings is 1. The molecule has 2 aromatic carbocycles. The summed E-state index contributed by atoms with van der Waals surface area (Å²) in [5.74, 6) is 0.530. The molecular weight excluding hydrogens is 452 g/mol. The Morgan fingerprint density at radius 3 is 2.68 bits per heavy atom. The zero-order chi connectivity index (χ0) is 23.8. The van der Waals surface area contributed by atoms with Crippen molar-refractivity contribution in [2.24, 2.45) is 0 Å². The number of amides is 1. The minimum atomic E-state index is -0.195. The summed E-state index contributed by atoms with van der Waals surface area (Å²) in [6.07, 6.45) is 3.40. The van der Waals surface area contributed by atoms with Gasteiger partial charge in [0, 0.05) is 36.4 Å². The Labute approximate surface area is 201 Å². The van der Waals surface area contributed by atoms with E-state index in [9.17, 15) is 9.59 Å². The molecule has 8 heteroatoms. The molecule has 1 aliphatic rings. The molecular formula is C26H23ClN4O3. The number of fused-ring (bicyclic) bond motifs is 1. The molecule has 172 valence electrons. The first-order valence-corrected chi connectivity index (χ1v) is 11.3. The van der Waals surface area contributed by atoms with Gasteiger partial charge in [-0.25, -0.2) is 4.98 Å². The SMILES string of the molecule is COc1cc(Cl)ccc1-c1cccc(CN2CCn3c(ccc(-n4cnc(C)c4)c3=O)C2=O)c1. The molecule has 2 aromatic heterocycles. The van der Waals surface area contributed by atoms with Crippen LogP contribution >= 0.6 is 11.6 Å². The van der Waals surface area contributed by atoms with Crippen molar-refractivity contribution in [1.29, 1.82) is 0 Å². The number of aromatic nitrogens is 3. The molecule has 0 N–H and O–H groups in total. The maximum Gasteiger partial charge on any atom is 0.275 e. The van der Waals surface area contributed by atoms with Gasteiger partial charge in [0.15, 0.2) is 0 Å². The number of halogens is 1. The van der Waals surface area contributed by atoms with Gasteiger partial charge in [-0.05, 0) is 54.4 Å².